The molecule has 2 aromatic carbocycles. The molecule has 4 rings (SSSR count). The van der Waals surface area contributed by atoms with Gasteiger partial charge in [0.25, 0.3) is 10.0 Å². The molecule has 0 bridgehead atoms. The number of imidazole rings is 1. The predicted molar refractivity (Wildman–Crippen MR) is 114 cm³/mol. The number of hydrogen-bond donors (Lipinski definition) is 1. The van der Waals surface area contributed by atoms with Gasteiger partial charge in [0.1, 0.15) is 22.2 Å². The topological polar surface area (TPSA) is 108 Å². The third-order valence-electron chi connectivity index (χ3n) is 4.39. The average molecular weight is 437 g/mol. The zero-order valence-corrected chi connectivity index (χ0v) is 17.6. The number of benzene rings is 2. The van der Waals surface area contributed by atoms with Crippen LogP contribution in [0.25, 0.3) is 5.82 Å². The van der Waals surface area contributed by atoms with Crippen molar-refractivity contribution in [1.29, 1.82) is 0 Å². The van der Waals surface area contributed by atoms with Crippen LogP contribution in [0.15, 0.2) is 78.0 Å². The van der Waals surface area contributed by atoms with E-state index in [9.17, 15) is 8.42 Å². The first-order valence-corrected chi connectivity index (χ1v) is 10.7. The van der Waals surface area contributed by atoms with Crippen molar-refractivity contribution in [1.82, 2.24) is 19.7 Å². The van der Waals surface area contributed by atoms with E-state index >= 15 is 0 Å². The second-order valence-corrected chi connectivity index (χ2v) is 8.11. The van der Waals surface area contributed by atoms with Gasteiger partial charge in [-0.2, -0.15) is 0 Å². The highest BCUT2D eigenvalue weighted by Crippen LogP contribution is 2.27. The van der Waals surface area contributed by atoms with E-state index in [1.54, 1.807) is 71.6 Å². The normalized spacial score (nSPS) is 11.2. The molecule has 0 aliphatic heterocycles. The molecular weight excluding hydrogens is 418 g/mol. The first-order valence-electron chi connectivity index (χ1n) is 9.24. The summed E-state index contributed by atoms with van der Waals surface area (Å²) in [7, 11) is -2.38. The van der Waals surface area contributed by atoms with Crippen LogP contribution in [0.1, 0.15) is 5.82 Å². The molecule has 0 radical (unpaired) electrons. The lowest BCUT2D eigenvalue weighted by atomic mass is 10.3. The number of methoxy groups -OCH3 is 1. The van der Waals surface area contributed by atoms with Gasteiger partial charge < -0.3 is 9.47 Å². The Labute approximate surface area is 179 Å². The molecule has 4 aromatic rings. The number of rotatable bonds is 7. The molecule has 158 valence electrons. The van der Waals surface area contributed by atoms with Gasteiger partial charge >= 0.3 is 0 Å². The Morgan fingerprint density at radius 3 is 2.39 bits per heavy atom. The van der Waals surface area contributed by atoms with Crippen LogP contribution < -0.4 is 14.2 Å². The standard InChI is InChI=1S/C21H19N5O4S/c1-15-22-13-14-26(15)20-11-12-21(24-23-20)30-17-9-7-16(8-10-17)25-31(27,28)19-6-4-3-5-18(19)29-2/h3-14,25H,1-2H3. The first-order chi connectivity index (χ1) is 15.0. The number of aryl methyl sites for hydroxylation is 1. The lowest BCUT2D eigenvalue weighted by Gasteiger charge is -2.12. The summed E-state index contributed by atoms with van der Waals surface area (Å²) >= 11 is 0. The third-order valence-corrected chi connectivity index (χ3v) is 5.81. The van der Waals surface area contributed by atoms with Gasteiger partial charge in [-0.3, -0.25) is 9.29 Å². The maximum absolute atomic E-state index is 12.7. The van der Waals surface area contributed by atoms with Gasteiger partial charge in [0, 0.05) is 24.1 Å². The summed E-state index contributed by atoms with van der Waals surface area (Å²) in [5, 5.41) is 8.20. The Morgan fingerprint density at radius 2 is 1.74 bits per heavy atom. The molecule has 31 heavy (non-hydrogen) atoms. The number of hydrogen-bond acceptors (Lipinski definition) is 7. The number of ether oxygens (including phenoxy) is 2. The largest absolute Gasteiger partial charge is 0.495 e. The number of nitrogens with zero attached hydrogens (tertiary/aromatic N) is 4. The van der Waals surface area contributed by atoms with Crippen molar-refractivity contribution in [2.75, 3.05) is 11.8 Å². The number of para-hydroxylation sites is 1. The highest BCUT2D eigenvalue weighted by atomic mass is 32.2. The van der Waals surface area contributed by atoms with Crippen LogP contribution in [0.3, 0.4) is 0 Å². The molecule has 0 aliphatic carbocycles. The summed E-state index contributed by atoms with van der Waals surface area (Å²) < 4.78 is 40.5. The third kappa shape index (κ3) is 4.48. The Bertz CT molecular complexity index is 1290. The molecular formula is C21H19N5O4S. The number of aromatic nitrogens is 4. The highest BCUT2D eigenvalue weighted by molar-refractivity contribution is 7.92. The van der Waals surface area contributed by atoms with Gasteiger partial charge in [-0.1, -0.05) is 12.1 Å². The molecule has 2 aromatic heterocycles. The van der Waals surface area contributed by atoms with E-state index in [0.717, 1.165) is 5.82 Å². The van der Waals surface area contributed by atoms with Crippen LogP contribution in [0.5, 0.6) is 17.4 Å². The highest BCUT2D eigenvalue weighted by Gasteiger charge is 2.19. The fraction of sp³-hybridized carbons (Fsp3) is 0.0952. The van der Waals surface area contributed by atoms with Crippen molar-refractivity contribution in [3.63, 3.8) is 0 Å². The lowest BCUT2D eigenvalue weighted by molar-refractivity contribution is 0.403. The Morgan fingerprint density at radius 1 is 0.968 bits per heavy atom. The van der Waals surface area contributed by atoms with Crippen LogP contribution in [0.2, 0.25) is 0 Å². The molecule has 1 N–H and O–H groups in total. The van der Waals surface area contributed by atoms with Crippen molar-refractivity contribution in [2.45, 2.75) is 11.8 Å². The second kappa shape index (κ2) is 8.44. The van der Waals surface area contributed by atoms with Gasteiger partial charge in [-0.25, -0.2) is 13.4 Å². The van der Waals surface area contributed by atoms with Gasteiger partial charge in [-0.15, -0.1) is 10.2 Å². The van der Waals surface area contributed by atoms with Crippen LogP contribution in [-0.4, -0.2) is 35.3 Å². The van der Waals surface area contributed by atoms with E-state index in [1.807, 2.05) is 6.92 Å². The smallest absolute Gasteiger partial charge is 0.265 e. The summed E-state index contributed by atoms with van der Waals surface area (Å²) in [5.74, 6) is 2.49. The zero-order chi connectivity index (χ0) is 21.8. The maximum Gasteiger partial charge on any atom is 0.265 e. The van der Waals surface area contributed by atoms with Crippen molar-refractivity contribution in [3.8, 4) is 23.2 Å². The van der Waals surface area contributed by atoms with Crippen LogP contribution in [0.4, 0.5) is 5.69 Å². The molecule has 10 heteroatoms. The first kappa shape index (κ1) is 20.4. The van der Waals surface area contributed by atoms with Gasteiger partial charge in [0.15, 0.2) is 5.82 Å². The van der Waals surface area contributed by atoms with Crippen molar-refractivity contribution in [2.24, 2.45) is 0 Å². The van der Waals surface area contributed by atoms with E-state index in [2.05, 4.69) is 19.9 Å². The molecule has 0 amide bonds. The quantitative estimate of drug-likeness (QED) is 0.471. The van der Waals surface area contributed by atoms with E-state index < -0.39 is 10.0 Å². The van der Waals surface area contributed by atoms with E-state index in [4.69, 9.17) is 9.47 Å². The van der Waals surface area contributed by atoms with E-state index in [1.165, 1.54) is 13.2 Å². The van der Waals surface area contributed by atoms with E-state index in [-0.39, 0.29) is 10.6 Å². The van der Waals surface area contributed by atoms with Gasteiger partial charge in [0.2, 0.25) is 5.88 Å². The Hall–Kier alpha value is -3.92. The summed E-state index contributed by atoms with van der Waals surface area (Å²) in [6, 6.07) is 16.3. The number of anilines is 1. The van der Waals surface area contributed by atoms with Crippen LogP contribution in [-0.2, 0) is 10.0 Å². The predicted octanol–water partition coefficient (Wildman–Crippen LogP) is 3.57. The zero-order valence-electron chi connectivity index (χ0n) is 16.8. The fourth-order valence-electron chi connectivity index (χ4n) is 2.88. The minimum Gasteiger partial charge on any atom is -0.495 e. The Kier molecular flexibility index (Phi) is 5.54. The van der Waals surface area contributed by atoms with Crippen molar-refractivity contribution in [3.05, 3.63) is 78.9 Å². The lowest BCUT2D eigenvalue weighted by Crippen LogP contribution is -2.13. The van der Waals surface area contributed by atoms with E-state index in [0.29, 0.717) is 23.1 Å². The Balaban J connectivity index is 1.45. The average Bonchev–Trinajstić information content (AvgIpc) is 3.21. The molecule has 0 saturated carbocycles. The van der Waals surface area contributed by atoms with Crippen molar-refractivity contribution >= 4 is 15.7 Å². The van der Waals surface area contributed by atoms with Gasteiger partial charge in [0.05, 0.1) is 7.11 Å². The molecule has 0 saturated heterocycles. The second-order valence-electron chi connectivity index (χ2n) is 6.46. The summed E-state index contributed by atoms with van der Waals surface area (Å²) in [6.07, 6.45) is 3.48. The minimum atomic E-state index is -3.80. The summed E-state index contributed by atoms with van der Waals surface area (Å²) in [6.45, 7) is 1.87. The number of nitrogens with one attached hydrogen (secondary N) is 1. The van der Waals surface area contributed by atoms with Crippen molar-refractivity contribution < 1.29 is 17.9 Å². The molecule has 0 unspecified atom stereocenters. The summed E-state index contributed by atoms with van der Waals surface area (Å²) in [5.41, 5.74) is 0.385. The fourth-order valence-corrected chi connectivity index (χ4v) is 4.11. The monoisotopic (exact) mass is 437 g/mol. The molecule has 2 heterocycles. The molecule has 9 nitrogen and oxygen atoms in total. The van der Waals surface area contributed by atoms with Crippen LogP contribution >= 0.6 is 0 Å². The maximum atomic E-state index is 12.7. The minimum absolute atomic E-state index is 0.0568. The molecule has 0 atom stereocenters. The summed E-state index contributed by atoms with van der Waals surface area (Å²) in [4.78, 5) is 4.21. The molecule has 0 aliphatic rings. The SMILES string of the molecule is COc1ccccc1S(=O)(=O)Nc1ccc(Oc2ccc(-n3ccnc3C)nn2)cc1. The molecule has 0 fully saturated rings. The van der Waals surface area contributed by atoms with Crippen LogP contribution in [0, 0.1) is 6.92 Å². The molecule has 0 spiro atoms. The van der Waals surface area contributed by atoms with Gasteiger partial charge in [-0.05, 0) is 49.4 Å². The number of sulfonamides is 1.